The smallest absolute Gasteiger partial charge is 0.247 e. The van der Waals surface area contributed by atoms with Crippen LogP contribution in [0.5, 0.6) is 0 Å². The van der Waals surface area contributed by atoms with Crippen LogP contribution >= 0.6 is 0 Å². The number of nitrogens with zero attached hydrogens (tertiary/aromatic N) is 2. The third-order valence-corrected chi connectivity index (χ3v) is 3.87. The van der Waals surface area contributed by atoms with E-state index in [4.69, 9.17) is 4.42 Å². The Morgan fingerprint density at radius 1 is 1.04 bits per heavy atom. The van der Waals surface area contributed by atoms with Gasteiger partial charge in [0.15, 0.2) is 0 Å². The van der Waals surface area contributed by atoms with Crippen molar-refractivity contribution in [3.63, 3.8) is 0 Å². The highest BCUT2D eigenvalue weighted by Gasteiger charge is 2.29. The monoisotopic (exact) mass is 353 g/mol. The van der Waals surface area contributed by atoms with Gasteiger partial charge in [0.05, 0.1) is 0 Å². The van der Waals surface area contributed by atoms with Crippen LogP contribution in [-0.2, 0) is 4.79 Å². The second-order valence-corrected chi connectivity index (χ2v) is 7.02. The van der Waals surface area contributed by atoms with Crippen LogP contribution in [0.4, 0.5) is 4.39 Å². The largest absolute Gasteiger partial charge is 0.418 e. The molecule has 0 saturated carbocycles. The Morgan fingerprint density at radius 2 is 1.69 bits per heavy atom. The molecule has 0 aliphatic heterocycles. The van der Waals surface area contributed by atoms with Gasteiger partial charge in [-0.25, -0.2) is 4.39 Å². The average Bonchev–Trinajstić information content (AvgIpc) is 3.10. The molecule has 1 atom stereocenters. The van der Waals surface area contributed by atoms with Crippen LogP contribution in [-0.4, -0.2) is 16.1 Å². The lowest BCUT2D eigenvalue weighted by molar-refractivity contribution is -0.129. The summed E-state index contributed by atoms with van der Waals surface area (Å²) >= 11 is 0. The Hall–Kier alpha value is -3.02. The number of halogens is 1. The van der Waals surface area contributed by atoms with Crippen molar-refractivity contribution in [3.05, 3.63) is 71.9 Å². The number of nitrogens with one attached hydrogen (secondary N) is 1. The summed E-state index contributed by atoms with van der Waals surface area (Å²) in [5, 5.41) is 11.1. The second-order valence-electron chi connectivity index (χ2n) is 7.02. The zero-order valence-electron chi connectivity index (χ0n) is 14.9. The molecule has 0 aliphatic carbocycles. The Bertz CT molecular complexity index is 883. The summed E-state index contributed by atoms with van der Waals surface area (Å²) in [7, 11) is 0. The van der Waals surface area contributed by atoms with Crippen molar-refractivity contribution in [3.8, 4) is 11.5 Å². The molecule has 0 radical (unpaired) electrons. The molecule has 5 nitrogen and oxygen atoms in total. The first-order valence-corrected chi connectivity index (χ1v) is 8.30. The molecule has 0 fully saturated rings. The summed E-state index contributed by atoms with van der Waals surface area (Å²) in [6.07, 6.45) is 0. The first-order chi connectivity index (χ1) is 12.3. The van der Waals surface area contributed by atoms with E-state index in [-0.39, 0.29) is 17.6 Å². The van der Waals surface area contributed by atoms with Crippen molar-refractivity contribution < 1.29 is 13.6 Å². The van der Waals surface area contributed by atoms with Crippen molar-refractivity contribution in [1.29, 1.82) is 0 Å². The fourth-order valence-electron chi connectivity index (χ4n) is 2.34. The molecular formula is C20H20FN3O2. The predicted molar refractivity (Wildman–Crippen MR) is 95.6 cm³/mol. The van der Waals surface area contributed by atoms with Crippen LogP contribution in [0.2, 0.25) is 0 Å². The van der Waals surface area contributed by atoms with Gasteiger partial charge in [0, 0.05) is 11.0 Å². The summed E-state index contributed by atoms with van der Waals surface area (Å²) in [6.45, 7) is 5.44. The maximum absolute atomic E-state index is 13.3. The van der Waals surface area contributed by atoms with E-state index >= 15 is 0 Å². The van der Waals surface area contributed by atoms with Crippen LogP contribution in [0, 0.1) is 11.2 Å². The highest BCUT2D eigenvalue weighted by Crippen LogP contribution is 2.26. The zero-order chi connectivity index (χ0) is 18.7. The molecule has 134 valence electrons. The summed E-state index contributed by atoms with van der Waals surface area (Å²) < 4.78 is 19.1. The van der Waals surface area contributed by atoms with Gasteiger partial charge in [-0.15, -0.1) is 10.2 Å². The summed E-state index contributed by atoms with van der Waals surface area (Å²) in [5.74, 6) is 0.0715. The maximum Gasteiger partial charge on any atom is 0.247 e. The van der Waals surface area contributed by atoms with E-state index in [0.29, 0.717) is 11.5 Å². The summed E-state index contributed by atoms with van der Waals surface area (Å²) in [4.78, 5) is 12.5. The highest BCUT2D eigenvalue weighted by atomic mass is 19.1. The third kappa shape index (κ3) is 3.96. The van der Waals surface area contributed by atoms with Crippen molar-refractivity contribution in [1.82, 2.24) is 15.5 Å². The van der Waals surface area contributed by atoms with Crippen molar-refractivity contribution in [2.75, 3.05) is 0 Å². The minimum atomic E-state index is -0.660. The Labute approximate surface area is 151 Å². The molecule has 6 heteroatoms. The van der Waals surface area contributed by atoms with Gasteiger partial charge in [0.2, 0.25) is 17.7 Å². The SMILES string of the molecule is CC(C)(C)C(=O)NC(c1ccc(F)cc1)c1nnc(-c2ccccc2)o1. The van der Waals surface area contributed by atoms with Crippen LogP contribution < -0.4 is 5.32 Å². The molecule has 3 aromatic rings. The number of carbonyl (C=O) groups is 1. The molecule has 2 aromatic carbocycles. The number of carbonyl (C=O) groups excluding carboxylic acids is 1. The van der Waals surface area contributed by atoms with E-state index in [9.17, 15) is 9.18 Å². The number of aromatic nitrogens is 2. The number of benzene rings is 2. The van der Waals surface area contributed by atoms with E-state index in [1.165, 1.54) is 12.1 Å². The minimum absolute atomic E-state index is 0.175. The Balaban J connectivity index is 1.97. The molecule has 0 saturated heterocycles. The number of amides is 1. The zero-order valence-corrected chi connectivity index (χ0v) is 14.9. The van der Waals surface area contributed by atoms with Crippen molar-refractivity contribution in [2.45, 2.75) is 26.8 Å². The van der Waals surface area contributed by atoms with Gasteiger partial charge in [-0.2, -0.15) is 0 Å². The fraction of sp³-hybridized carbons (Fsp3) is 0.250. The molecule has 3 rings (SSSR count). The Kier molecular flexibility index (Phi) is 4.84. The Morgan fingerprint density at radius 3 is 2.31 bits per heavy atom. The van der Waals surface area contributed by atoms with Crippen LogP contribution in [0.25, 0.3) is 11.5 Å². The minimum Gasteiger partial charge on any atom is -0.418 e. The van der Waals surface area contributed by atoms with Gasteiger partial charge in [-0.1, -0.05) is 51.1 Å². The van der Waals surface area contributed by atoms with Crippen LogP contribution in [0.15, 0.2) is 59.0 Å². The van der Waals surface area contributed by atoms with Crippen LogP contribution in [0.3, 0.4) is 0 Å². The molecule has 0 aliphatic rings. The quantitative estimate of drug-likeness (QED) is 0.766. The first kappa shape index (κ1) is 17.8. The second kappa shape index (κ2) is 7.07. The third-order valence-electron chi connectivity index (χ3n) is 3.87. The van der Waals surface area contributed by atoms with E-state index in [1.807, 2.05) is 51.1 Å². The predicted octanol–water partition coefficient (Wildman–Crippen LogP) is 4.13. The van der Waals surface area contributed by atoms with Gasteiger partial charge < -0.3 is 9.73 Å². The van der Waals surface area contributed by atoms with Gasteiger partial charge in [0.1, 0.15) is 11.9 Å². The molecular weight excluding hydrogens is 333 g/mol. The van der Waals surface area contributed by atoms with E-state index in [2.05, 4.69) is 15.5 Å². The van der Waals surface area contributed by atoms with Crippen LogP contribution in [0.1, 0.15) is 38.3 Å². The number of hydrogen-bond acceptors (Lipinski definition) is 4. The lowest BCUT2D eigenvalue weighted by Gasteiger charge is -2.22. The molecule has 1 amide bonds. The van der Waals surface area contributed by atoms with E-state index < -0.39 is 11.5 Å². The molecule has 1 unspecified atom stereocenters. The maximum atomic E-state index is 13.3. The van der Waals surface area contributed by atoms with Gasteiger partial charge >= 0.3 is 0 Å². The number of hydrogen-bond donors (Lipinski definition) is 1. The lowest BCUT2D eigenvalue weighted by Crippen LogP contribution is -2.38. The van der Waals surface area contributed by atoms with Crippen molar-refractivity contribution >= 4 is 5.91 Å². The molecule has 26 heavy (non-hydrogen) atoms. The first-order valence-electron chi connectivity index (χ1n) is 8.30. The number of rotatable bonds is 4. The fourth-order valence-corrected chi connectivity index (χ4v) is 2.34. The normalized spacial score (nSPS) is 12.6. The molecule has 0 bridgehead atoms. The topological polar surface area (TPSA) is 68.0 Å². The standard InChI is InChI=1S/C20H20FN3O2/c1-20(2,3)19(25)22-16(13-9-11-15(21)12-10-13)18-24-23-17(26-18)14-7-5-4-6-8-14/h4-12,16H,1-3H3,(H,22,25). The summed E-state index contributed by atoms with van der Waals surface area (Å²) in [5.41, 5.74) is 0.846. The summed E-state index contributed by atoms with van der Waals surface area (Å²) in [6, 6.07) is 14.6. The van der Waals surface area contributed by atoms with Crippen molar-refractivity contribution in [2.24, 2.45) is 5.41 Å². The molecule has 1 heterocycles. The lowest BCUT2D eigenvalue weighted by atomic mass is 9.94. The highest BCUT2D eigenvalue weighted by molar-refractivity contribution is 5.82. The average molecular weight is 353 g/mol. The van der Waals surface area contributed by atoms with E-state index in [1.54, 1.807) is 12.1 Å². The van der Waals surface area contributed by atoms with Gasteiger partial charge in [-0.3, -0.25) is 4.79 Å². The van der Waals surface area contributed by atoms with Gasteiger partial charge in [0.25, 0.3) is 0 Å². The molecule has 0 spiro atoms. The van der Waals surface area contributed by atoms with E-state index in [0.717, 1.165) is 5.56 Å². The molecule has 1 N–H and O–H groups in total. The van der Waals surface area contributed by atoms with Gasteiger partial charge in [-0.05, 0) is 29.8 Å². The molecule has 1 aromatic heterocycles.